The third kappa shape index (κ3) is 5.24. The molecule has 0 aromatic heterocycles. The van der Waals surface area contributed by atoms with Crippen molar-refractivity contribution in [3.05, 3.63) is 71.3 Å². The Hall–Kier alpha value is -2.16. The molecule has 0 atom stereocenters. The smallest absolute Gasteiger partial charge is 0.200 e. The summed E-state index contributed by atoms with van der Waals surface area (Å²) in [5.41, 5.74) is 3.20. The molecule has 2 fully saturated rings. The number of rotatable bonds is 7. The van der Waals surface area contributed by atoms with E-state index < -0.39 is 11.6 Å². The van der Waals surface area contributed by atoms with E-state index in [0.29, 0.717) is 11.5 Å². The summed E-state index contributed by atoms with van der Waals surface area (Å²) in [6, 6.07) is 12.2. The Morgan fingerprint density at radius 2 is 1.34 bits per heavy atom. The lowest BCUT2D eigenvalue weighted by Gasteiger charge is -2.32. The Kier molecular flexibility index (Phi) is 7.65. The molecule has 0 spiro atoms. The van der Waals surface area contributed by atoms with E-state index in [1.54, 1.807) is 12.1 Å². The van der Waals surface area contributed by atoms with Crippen LogP contribution in [0.2, 0.25) is 0 Å². The standard InChI is InChI=1S/C29H36F2O/c1-3-20-6-12-23(13-7-20)24-14-8-21(9-15-24)4-5-22-10-16-25(17-11-22)26-18-19-27(32-2)29(31)28(26)30/h3,6-7,12-13,18-19,21-22,24-25H,1,4-5,8-11,14-17H2,2H3. The van der Waals surface area contributed by atoms with Gasteiger partial charge in [-0.25, -0.2) is 4.39 Å². The van der Waals surface area contributed by atoms with Gasteiger partial charge >= 0.3 is 0 Å². The fourth-order valence-corrected chi connectivity index (χ4v) is 5.94. The zero-order chi connectivity index (χ0) is 22.5. The molecule has 1 nitrogen and oxygen atoms in total. The van der Waals surface area contributed by atoms with E-state index in [9.17, 15) is 8.78 Å². The molecular weight excluding hydrogens is 402 g/mol. The van der Waals surface area contributed by atoms with E-state index in [-0.39, 0.29) is 11.7 Å². The highest BCUT2D eigenvalue weighted by molar-refractivity contribution is 5.47. The number of methoxy groups -OCH3 is 1. The van der Waals surface area contributed by atoms with Crippen LogP contribution in [0.5, 0.6) is 5.75 Å². The molecule has 2 aliphatic carbocycles. The number of ether oxygens (including phenoxy) is 1. The molecule has 2 aliphatic rings. The largest absolute Gasteiger partial charge is 0.494 e. The maximum atomic E-state index is 14.5. The van der Waals surface area contributed by atoms with Crippen LogP contribution in [0, 0.1) is 23.5 Å². The van der Waals surface area contributed by atoms with Crippen LogP contribution in [0.25, 0.3) is 6.08 Å². The van der Waals surface area contributed by atoms with Gasteiger partial charge in [-0.1, -0.05) is 55.8 Å². The fraction of sp³-hybridized carbons (Fsp3) is 0.517. The van der Waals surface area contributed by atoms with Crippen LogP contribution in [0.4, 0.5) is 8.78 Å². The van der Waals surface area contributed by atoms with E-state index in [4.69, 9.17) is 4.74 Å². The van der Waals surface area contributed by atoms with Gasteiger partial charge in [0.1, 0.15) is 0 Å². The average Bonchev–Trinajstić information content (AvgIpc) is 2.85. The fourth-order valence-electron chi connectivity index (χ4n) is 5.94. The summed E-state index contributed by atoms with van der Waals surface area (Å²) in [6.45, 7) is 3.84. The SMILES string of the molecule is C=Cc1ccc(C2CCC(CCC3CCC(c4ccc(OC)c(F)c4F)CC3)CC2)cc1. The summed E-state index contributed by atoms with van der Waals surface area (Å²) in [5.74, 6) is 0.854. The topological polar surface area (TPSA) is 9.23 Å². The predicted octanol–water partition coefficient (Wildman–Crippen LogP) is 8.64. The van der Waals surface area contributed by atoms with Gasteiger partial charge < -0.3 is 4.74 Å². The van der Waals surface area contributed by atoms with Crippen LogP contribution < -0.4 is 4.74 Å². The molecule has 3 heteroatoms. The van der Waals surface area contributed by atoms with Crippen molar-refractivity contribution in [2.24, 2.45) is 11.8 Å². The molecule has 2 aromatic carbocycles. The molecule has 0 unspecified atom stereocenters. The molecule has 172 valence electrons. The van der Waals surface area contributed by atoms with Gasteiger partial charge in [0, 0.05) is 0 Å². The molecule has 0 N–H and O–H groups in total. The van der Waals surface area contributed by atoms with Crippen LogP contribution in [0.1, 0.15) is 92.7 Å². The third-order valence-corrected chi connectivity index (χ3v) is 8.06. The normalized spacial score (nSPS) is 26.0. The van der Waals surface area contributed by atoms with Crippen molar-refractivity contribution in [2.45, 2.75) is 76.0 Å². The lowest BCUT2D eigenvalue weighted by Crippen LogP contribution is -2.18. The Morgan fingerprint density at radius 1 is 0.781 bits per heavy atom. The van der Waals surface area contributed by atoms with Gasteiger partial charge in [-0.05, 0) is 97.8 Å². The van der Waals surface area contributed by atoms with Gasteiger partial charge in [-0.15, -0.1) is 0 Å². The molecule has 0 radical (unpaired) electrons. The zero-order valence-corrected chi connectivity index (χ0v) is 19.3. The van der Waals surface area contributed by atoms with E-state index in [1.165, 1.54) is 56.8 Å². The van der Waals surface area contributed by atoms with E-state index in [2.05, 4.69) is 30.8 Å². The third-order valence-electron chi connectivity index (χ3n) is 8.06. The Labute approximate surface area is 191 Å². The second-order valence-electron chi connectivity index (χ2n) is 9.87. The highest BCUT2D eigenvalue weighted by Gasteiger charge is 2.28. The summed E-state index contributed by atoms with van der Waals surface area (Å²) < 4.78 is 33.4. The first-order chi connectivity index (χ1) is 15.6. The van der Waals surface area contributed by atoms with Crippen molar-refractivity contribution < 1.29 is 13.5 Å². The van der Waals surface area contributed by atoms with Gasteiger partial charge in [-0.2, -0.15) is 4.39 Å². The molecule has 0 amide bonds. The lowest BCUT2D eigenvalue weighted by molar-refractivity contribution is 0.250. The maximum absolute atomic E-state index is 14.5. The van der Waals surface area contributed by atoms with Crippen molar-refractivity contribution in [1.82, 2.24) is 0 Å². The summed E-state index contributed by atoms with van der Waals surface area (Å²) in [7, 11) is 1.37. The van der Waals surface area contributed by atoms with Crippen LogP contribution in [-0.4, -0.2) is 7.11 Å². The molecule has 0 aliphatic heterocycles. The lowest BCUT2D eigenvalue weighted by atomic mass is 9.73. The molecule has 0 saturated heterocycles. The van der Waals surface area contributed by atoms with Crippen molar-refractivity contribution in [2.75, 3.05) is 7.11 Å². The first-order valence-corrected chi connectivity index (χ1v) is 12.3. The average molecular weight is 439 g/mol. The number of halogens is 2. The Bertz CT molecular complexity index is 888. The molecule has 32 heavy (non-hydrogen) atoms. The van der Waals surface area contributed by atoms with Crippen LogP contribution in [0.3, 0.4) is 0 Å². The minimum atomic E-state index is -0.848. The second-order valence-corrected chi connectivity index (χ2v) is 9.87. The minimum Gasteiger partial charge on any atom is -0.494 e. The Morgan fingerprint density at radius 3 is 1.88 bits per heavy atom. The van der Waals surface area contributed by atoms with Gasteiger partial charge in [-0.3, -0.25) is 0 Å². The van der Waals surface area contributed by atoms with Crippen molar-refractivity contribution in [3.8, 4) is 5.75 Å². The van der Waals surface area contributed by atoms with Crippen molar-refractivity contribution >= 4 is 6.08 Å². The highest BCUT2D eigenvalue weighted by atomic mass is 19.2. The van der Waals surface area contributed by atoms with E-state index >= 15 is 0 Å². The van der Waals surface area contributed by atoms with Gasteiger partial charge in [0.2, 0.25) is 5.82 Å². The van der Waals surface area contributed by atoms with E-state index in [0.717, 1.165) is 37.5 Å². The monoisotopic (exact) mass is 438 g/mol. The van der Waals surface area contributed by atoms with Crippen LogP contribution in [-0.2, 0) is 0 Å². The molecule has 0 bridgehead atoms. The summed E-state index contributed by atoms with van der Waals surface area (Å²) in [4.78, 5) is 0. The van der Waals surface area contributed by atoms with Crippen molar-refractivity contribution in [3.63, 3.8) is 0 Å². The summed E-state index contributed by atoms with van der Waals surface area (Å²) in [6.07, 6.45) is 13.9. The number of benzene rings is 2. The van der Waals surface area contributed by atoms with E-state index in [1.807, 2.05) is 6.08 Å². The second kappa shape index (κ2) is 10.6. The predicted molar refractivity (Wildman–Crippen MR) is 128 cm³/mol. The highest BCUT2D eigenvalue weighted by Crippen LogP contribution is 2.42. The zero-order valence-electron chi connectivity index (χ0n) is 19.3. The summed E-state index contributed by atoms with van der Waals surface area (Å²) in [5, 5.41) is 0. The van der Waals surface area contributed by atoms with Crippen LogP contribution >= 0.6 is 0 Å². The Balaban J connectivity index is 1.20. The number of hydrogen-bond acceptors (Lipinski definition) is 1. The maximum Gasteiger partial charge on any atom is 0.200 e. The quantitative estimate of drug-likeness (QED) is 0.420. The molecular formula is C29H36F2O. The summed E-state index contributed by atoms with van der Waals surface area (Å²) >= 11 is 0. The van der Waals surface area contributed by atoms with Gasteiger partial charge in [0.25, 0.3) is 0 Å². The van der Waals surface area contributed by atoms with Gasteiger partial charge in [0.15, 0.2) is 11.6 Å². The van der Waals surface area contributed by atoms with Crippen molar-refractivity contribution in [1.29, 1.82) is 0 Å². The molecule has 2 saturated carbocycles. The molecule has 0 heterocycles. The molecule has 2 aromatic rings. The van der Waals surface area contributed by atoms with Gasteiger partial charge in [0.05, 0.1) is 7.11 Å². The first kappa shape index (κ1) is 23.0. The molecule has 4 rings (SSSR count). The first-order valence-electron chi connectivity index (χ1n) is 12.3. The minimum absolute atomic E-state index is 0.0107. The number of hydrogen-bond donors (Lipinski definition) is 0. The van der Waals surface area contributed by atoms with Crippen LogP contribution in [0.15, 0.2) is 43.0 Å².